The summed E-state index contributed by atoms with van der Waals surface area (Å²) in [6, 6.07) is 1.94. The molecule has 5 heterocycles. The lowest BCUT2D eigenvalue weighted by Gasteiger charge is -2.22. The van der Waals surface area contributed by atoms with E-state index in [2.05, 4.69) is 81.4 Å². The summed E-state index contributed by atoms with van der Waals surface area (Å²) < 4.78 is 0. The number of fused-ring (bicyclic) bond motifs is 2. The van der Waals surface area contributed by atoms with Crippen LogP contribution in [0.15, 0.2) is 28.6 Å². The van der Waals surface area contributed by atoms with Crippen molar-refractivity contribution in [3.05, 3.63) is 41.6 Å². The van der Waals surface area contributed by atoms with E-state index in [0.717, 1.165) is 70.8 Å². The van der Waals surface area contributed by atoms with Crippen molar-refractivity contribution in [3.63, 3.8) is 0 Å². The van der Waals surface area contributed by atoms with E-state index in [4.69, 9.17) is 0 Å². The molecule has 45 heavy (non-hydrogen) atoms. The molecule has 0 radical (unpaired) electrons. The molecule has 5 rings (SSSR count). The Morgan fingerprint density at radius 2 is 1.56 bits per heavy atom. The molecule has 0 saturated heterocycles. The highest BCUT2D eigenvalue weighted by molar-refractivity contribution is 6.02. The van der Waals surface area contributed by atoms with Crippen LogP contribution in [-0.2, 0) is 0 Å². The van der Waals surface area contributed by atoms with Crippen molar-refractivity contribution in [2.45, 2.75) is 102 Å². The number of aliphatic imine (C=N–C) groups is 2. The van der Waals surface area contributed by atoms with Gasteiger partial charge in [0, 0.05) is 19.3 Å². The molecular formula is C33H58N12. The Hall–Kier alpha value is -4.35. The fourth-order valence-corrected chi connectivity index (χ4v) is 4.07. The average Bonchev–Trinajstić information content (AvgIpc) is 3.76. The molecular weight excluding hydrogens is 564 g/mol. The minimum Gasteiger partial charge on any atom is -0.379 e. The van der Waals surface area contributed by atoms with Crippen molar-refractivity contribution < 1.29 is 0 Å². The Morgan fingerprint density at radius 1 is 0.911 bits per heavy atom. The Kier molecular flexibility index (Phi) is 20.9. The SMILES string of the molecule is C=Nc1nc[nH]c1/C(CC)=N\CNc1nc(C)nc2[nH]ccc12.CC.CC.CC.CC.Cc1nc2c(c(C(C)C)n1)NCCN2. The highest BCUT2D eigenvalue weighted by Crippen LogP contribution is 2.30. The second-order valence-corrected chi connectivity index (χ2v) is 8.80. The van der Waals surface area contributed by atoms with Crippen molar-refractivity contribution in [2.24, 2.45) is 9.98 Å². The molecule has 1 aliphatic rings. The molecule has 0 aliphatic carbocycles. The number of aromatic amines is 2. The van der Waals surface area contributed by atoms with E-state index in [9.17, 15) is 0 Å². The van der Waals surface area contributed by atoms with Crippen LogP contribution in [0.3, 0.4) is 0 Å². The van der Waals surface area contributed by atoms with E-state index in [-0.39, 0.29) is 0 Å². The number of anilines is 3. The Labute approximate surface area is 271 Å². The molecule has 4 aromatic heterocycles. The van der Waals surface area contributed by atoms with Gasteiger partial charge in [0.25, 0.3) is 0 Å². The zero-order valence-electron chi connectivity index (χ0n) is 30.0. The Balaban J connectivity index is 0.000000754. The first-order valence-electron chi connectivity index (χ1n) is 16.4. The van der Waals surface area contributed by atoms with E-state index >= 15 is 0 Å². The van der Waals surface area contributed by atoms with Crippen LogP contribution in [0.1, 0.15) is 112 Å². The van der Waals surface area contributed by atoms with Gasteiger partial charge in [-0.15, -0.1) is 0 Å². The van der Waals surface area contributed by atoms with Crippen LogP contribution >= 0.6 is 0 Å². The van der Waals surface area contributed by atoms with Crippen molar-refractivity contribution in [2.75, 3.05) is 35.7 Å². The third kappa shape index (κ3) is 11.9. The largest absolute Gasteiger partial charge is 0.379 e. The fraction of sp³-hybridized carbons (Fsp3) is 0.545. The molecule has 0 fully saturated rings. The highest BCUT2D eigenvalue weighted by atomic mass is 15.1. The van der Waals surface area contributed by atoms with Gasteiger partial charge in [-0.1, -0.05) is 76.2 Å². The second-order valence-electron chi connectivity index (χ2n) is 8.80. The average molecular weight is 623 g/mol. The van der Waals surface area contributed by atoms with E-state index in [1.807, 2.05) is 88.4 Å². The Bertz CT molecular complexity index is 1400. The lowest BCUT2D eigenvalue weighted by Crippen LogP contribution is -2.24. The number of H-pyrrole nitrogens is 2. The van der Waals surface area contributed by atoms with E-state index in [1.54, 1.807) is 6.33 Å². The fourth-order valence-electron chi connectivity index (χ4n) is 4.07. The summed E-state index contributed by atoms with van der Waals surface area (Å²) in [5, 5.41) is 10.8. The van der Waals surface area contributed by atoms with Crippen LogP contribution in [0.5, 0.6) is 0 Å². The van der Waals surface area contributed by atoms with E-state index in [1.165, 1.54) is 0 Å². The van der Waals surface area contributed by atoms with Gasteiger partial charge in [0.05, 0.1) is 28.8 Å². The summed E-state index contributed by atoms with van der Waals surface area (Å²) in [7, 11) is 0. The summed E-state index contributed by atoms with van der Waals surface area (Å²) in [6.07, 6.45) is 4.20. The van der Waals surface area contributed by atoms with Gasteiger partial charge in [-0.3, -0.25) is 4.99 Å². The van der Waals surface area contributed by atoms with Crippen molar-refractivity contribution >= 4 is 46.6 Å². The maximum atomic E-state index is 4.59. The van der Waals surface area contributed by atoms with Gasteiger partial charge >= 0.3 is 0 Å². The summed E-state index contributed by atoms with van der Waals surface area (Å²) in [5.74, 6) is 4.25. The third-order valence-corrected chi connectivity index (χ3v) is 5.75. The molecule has 0 amide bonds. The maximum absolute atomic E-state index is 4.59. The molecule has 0 aromatic carbocycles. The van der Waals surface area contributed by atoms with Crippen LogP contribution in [0.25, 0.3) is 11.0 Å². The zero-order chi connectivity index (χ0) is 34.4. The van der Waals surface area contributed by atoms with Gasteiger partial charge in [-0.25, -0.2) is 29.9 Å². The van der Waals surface area contributed by atoms with Gasteiger partial charge < -0.3 is 25.9 Å². The van der Waals surface area contributed by atoms with Crippen molar-refractivity contribution in [3.8, 4) is 0 Å². The number of nitrogens with zero attached hydrogens (tertiary/aromatic N) is 7. The number of nitrogens with one attached hydrogen (secondary N) is 5. The zero-order valence-corrected chi connectivity index (χ0v) is 30.0. The molecule has 4 aromatic rings. The summed E-state index contributed by atoms with van der Waals surface area (Å²) in [5.41, 5.74) is 4.69. The molecule has 12 heteroatoms. The molecule has 12 nitrogen and oxygen atoms in total. The first-order chi connectivity index (χ1) is 21.9. The normalized spacial score (nSPS) is 11.1. The monoisotopic (exact) mass is 622 g/mol. The molecule has 1 aliphatic heterocycles. The van der Waals surface area contributed by atoms with Gasteiger partial charge in [-0.05, 0) is 39.0 Å². The molecule has 0 atom stereocenters. The lowest BCUT2D eigenvalue weighted by molar-refractivity contribution is 0.796. The third-order valence-electron chi connectivity index (χ3n) is 5.75. The Morgan fingerprint density at radius 3 is 2.18 bits per heavy atom. The summed E-state index contributed by atoms with van der Waals surface area (Å²) >= 11 is 0. The second kappa shape index (κ2) is 23.1. The molecule has 250 valence electrons. The first-order valence-corrected chi connectivity index (χ1v) is 16.4. The maximum Gasteiger partial charge on any atom is 0.178 e. The molecule has 0 unspecified atom stereocenters. The number of aromatic nitrogens is 7. The smallest absolute Gasteiger partial charge is 0.178 e. The topological polar surface area (TPSA) is 157 Å². The number of aryl methyl sites for hydroxylation is 2. The van der Waals surface area contributed by atoms with Gasteiger partial charge in [0.2, 0.25) is 0 Å². The predicted octanol–water partition coefficient (Wildman–Crippen LogP) is 8.44. The molecule has 0 spiro atoms. The minimum atomic E-state index is 0.398. The van der Waals surface area contributed by atoms with Crippen LogP contribution in [0, 0.1) is 13.8 Å². The number of imidazole rings is 1. The summed E-state index contributed by atoms with van der Waals surface area (Å²) in [6.45, 7) is 31.9. The van der Waals surface area contributed by atoms with Crippen LogP contribution in [-0.4, -0.2) is 67.1 Å². The van der Waals surface area contributed by atoms with Crippen LogP contribution < -0.4 is 16.0 Å². The lowest BCUT2D eigenvalue weighted by atomic mass is 10.1. The number of hydrogen-bond donors (Lipinski definition) is 5. The van der Waals surface area contributed by atoms with Gasteiger partial charge in [0.15, 0.2) is 11.6 Å². The molecule has 0 saturated carbocycles. The first kappa shape index (κ1) is 40.6. The predicted molar refractivity (Wildman–Crippen MR) is 195 cm³/mol. The van der Waals surface area contributed by atoms with E-state index < -0.39 is 0 Å². The summed E-state index contributed by atoms with van der Waals surface area (Å²) in [4.78, 5) is 36.3. The highest BCUT2D eigenvalue weighted by Gasteiger charge is 2.17. The standard InChI is InChI=1S/C15H18N8.C10H16N4.4C2H6/c1-4-11(12-15(16-3)21-8-19-12)18-7-20-14-10-5-6-17-13(10)22-9(2)23-14;1-6(2)8-9-10(12-5-4-11-9)14-7(3)13-8;4*1-2/h5-6,8H,3-4,7H2,1-2H3,(H,19,21)(H2,17,20,22,23);6,11H,4-5H2,1-3H3,(H,12,13,14);4*1-2H3/b18-11-;;;;;. The quantitative estimate of drug-likeness (QED) is 0.129. The van der Waals surface area contributed by atoms with Crippen LogP contribution in [0.2, 0.25) is 0 Å². The van der Waals surface area contributed by atoms with Gasteiger partial charge in [-0.2, -0.15) is 0 Å². The van der Waals surface area contributed by atoms with E-state index in [0.29, 0.717) is 24.2 Å². The van der Waals surface area contributed by atoms with Crippen molar-refractivity contribution in [1.82, 2.24) is 34.9 Å². The number of rotatable bonds is 7. The van der Waals surface area contributed by atoms with Crippen molar-refractivity contribution in [1.29, 1.82) is 0 Å². The minimum absolute atomic E-state index is 0.398. The molecule has 0 bridgehead atoms. The number of hydrogen-bond acceptors (Lipinski definition) is 10. The van der Waals surface area contributed by atoms with Gasteiger partial charge in [0.1, 0.15) is 35.5 Å². The van der Waals surface area contributed by atoms with Crippen LogP contribution in [0.4, 0.5) is 23.1 Å². The molecule has 5 N–H and O–H groups in total.